The van der Waals surface area contributed by atoms with E-state index in [1.54, 1.807) is 19.1 Å². The smallest absolute Gasteiger partial charge is 0.235 e. The fourth-order valence-electron chi connectivity index (χ4n) is 6.62. The Morgan fingerprint density at radius 1 is 1.12 bits per heavy atom. The van der Waals surface area contributed by atoms with Gasteiger partial charge < -0.3 is 15.9 Å². The van der Waals surface area contributed by atoms with Gasteiger partial charge in [0, 0.05) is 24.7 Å². The Balaban J connectivity index is 1.69. The van der Waals surface area contributed by atoms with Crippen LogP contribution in [0.4, 0.5) is 0 Å². The monoisotopic (exact) mass is 467 g/mol. The number of aliphatic hydroxyl groups is 1. The summed E-state index contributed by atoms with van der Waals surface area (Å²) in [6.07, 6.45) is 0.877. The van der Waals surface area contributed by atoms with Crippen molar-refractivity contribution in [3.05, 3.63) is 29.3 Å². The number of fused-ring (bicyclic) bond motifs is 3. The summed E-state index contributed by atoms with van der Waals surface area (Å²) in [6.45, 7) is 1.77. The maximum absolute atomic E-state index is 13.7. The average Bonchev–Trinajstić information content (AvgIpc) is 3.61. The molecule has 7 atom stereocenters. The van der Waals surface area contributed by atoms with E-state index >= 15 is 0 Å². The predicted molar refractivity (Wildman–Crippen MR) is 114 cm³/mol. The number of primary amides is 1. The molecule has 178 valence electrons. The first-order valence-electron chi connectivity index (χ1n) is 11.5. The van der Waals surface area contributed by atoms with E-state index in [1.165, 1.54) is 6.07 Å². The average molecular weight is 467 g/mol. The standard InChI is InChI=1S/C25H25NO8/c1-9-11-3-2-4-14(27)18(11)21(30)20-17(9)12(7-15(28)10-5-6-10)13-8-16(29)19(24(26)33)22(31)25(13,34)23(20)32/h2-4,9-10,12-13,17,19-20,27,34H,5-8H2,1H3,(H2,26,33)/t9-,12+,13+,17-,19?,20?,25+/m0/s1. The first kappa shape index (κ1) is 22.6. The van der Waals surface area contributed by atoms with Gasteiger partial charge in [0.05, 0.1) is 11.5 Å². The minimum absolute atomic E-state index is 0.0512. The number of phenols is 1. The van der Waals surface area contributed by atoms with Gasteiger partial charge in [-0.05, 0) is 42.2 Å². The van der Waals surface area contributed by atoms with Gasteiger partial charge in [0.15, 0.2) is 34.7 Å². The highest BCUT2D eigenvalue weighted by Gasteiger charge is 2.70. The summed E-state index contributed by atoms with van der Waals surface area (Å²) in [7, 11) is 0. The van der Waals surface area contributed by atoms with Crippen molar-refractivity contribution in [1.29, 1.82) is 0 Å². The third kappa shape index (κ3) is 2.89. The Morgan fingerprint density at radius 3 is 2.41 bits per heavy atom. The molecule has 0 radical (unpaired) electrons. The largest absolute Gasteiger partial charge is 0.507 e. The predicted octanol–water partition coefficient (Wildman–Crippen LogP) is 0.483. The number of phenolic OH excluding ortho intramolecular Hbond substituents is 1. The lowest BCUT2D eigenvalue weighted by Crippen LogP contribution is -2.71. The second-order valence-corrected chi connectivity index (χ2v) is 10.2. The van der Waals surface area contributed by atoms with Gasteiger partial charge in [-0.2, -0.15) is 0 Å². The summed E-state index contributed by atoms with van der Waals surface area (Å²) in [4.78, 5) is 78.1. The van der Waals surface area contributed by atoms with Crippen LogP contribution in [0.15, 0.2) is 18.2 Å². The zero-order valence-corrected chi connectivity index (χ0v) is 18.5. The molecule has 1 aromatic rings. The van der Waals surface area contributed by atoms with Crippen molar-refractivity contribution in [1.82, 2.24) is 0 Å². The molecular weight excluding hydrogens is 442 g/mol. The number of aromatic hydroxyl groups is 1. The van der Waals surface area contributed by atoms with Gasteiger partial charge in [-0.1, -0.05) is 19.1 Å². The SMILES string of the molecule is C[C@H]1c2cccc(O)c2C(=O)C2C(=O)[C@]3(O)C(=O)C(C(N)=O)C(=O)C[C@@H]3[C@@H](CC(=O)C3CC3)[C@@H]21. The number of carbonyl (C=O) groups excluding carboxylic acids is 6. The van der Waals surface area contributed by atoms with Crippen LogP contribution in [0.1, 0.15) is 54.4 Å². The van der Waals surface area contributed by atoms with Crippen LogP contribution in [-0.4, -0.2) is 50.6 Å². The summed E-state index contributed by atoms with van der Waals surface area (Å²) in [5.41, 5.74) is 2.91. The molecule has 34 heavy (non-hydrogen) atoms. The van der Waals surface area contributed by atoms with Crippen LogP contribution in [0.3, 0.4) is 0 Å². The van der Waals surface area contributed by atoms with E-state index in [-0.39, 0.29) is 29.4 Å². The van der Waals surface area contributed by atoms with Crippen LogP contribution in [0, 0.1) is 35.5 Å². The number of hydrogen-bond acceptors (Lipinski definition) is 8. The van der Waals surface area contributed by atoms with Gasteiger partial charge in [0.2, 0.25) is 5.91 Å². The summed E-state index contributed by atoms with van der Waals surface area (Å²) >= 11 is 0. The number of ketones is 5. The van der Waals surface area contributed by atoms with Crippen molar-refractivity contribution in [2.45, 2.75) is 44.1 Å². The molecule has 3 fully saturated rings. The quantitative estimate of drug-likeness (QED) is 0.537. The number of hydrogen-bond donors (Lipinski definition) is 3. The van der Waals surface area contributed by atoms with Gasteiger partial charge >= 0.3 is 0 Å². The molecule has 0 heterocycles. The molecule has 9 nitrogen and oxygen atoms in total. The number of nitrogens with two attached hydrogens (primary N) is 1. The van der Waals surface area contributed by atoms with Crippen molar-refractivity contribution in [3.8, 4) is 5.75 Å². The van der Waals surface area contributed by atoms with Crippen LogP contribution in [0.5, 0.6) is 5.75 Å². The van der Waals surface area contributed by atoms with E-state index in [2.05, 4.69) is 0 Å². The van der Waals surface area contributed by atoms with Crippen molar-refractivity contribution in [3.63, 3.8) is 0 Å². The highest BCUT2D eigenvalue weighted by Crippen LogP contribution is 2.57. The molecular formula is C25H25NO8. The highest BCUT2D eigenvalue weighted by atomic mass is 16.3. The molecule has 0 spiro atoms. The van der Waals surface area contributed by atoms with E-state index in [9.17, 15) is 39.0 Å². The normalized spacial score (nSPS) is 37.0. The minimum atomic E-state index is -2.79. The molecule has 0 saturated heterocycles. The maximum Gasteiger partial charge on any atom is 0.235 e. The zero-order valence-electron chi connectivity index (χ0n) is 18.5. The van der Waals surface area contributed by atoms with Gasteiger partial charge in [0.1, 0.15) is 11.5 Å². The summed E-state index contributed by atoms with van der Waals surface area (Å²) in [6, 6.07) is 4.56. The third-order valence-electron chi connectivity index (χ3n) is 8.40. The lowest BCUT2D eigenvalue weighted by molar-refractivity contribution is -0.183. The Morgan fingerprint density at radius 2 is 1.79 bits per heavy atom. The van der Waals surface area contributed by atoms with Crippen molar-refractivity contribution in [2.24, 2.45) is 41.2 Å². The third-order valence-corrected chi connectivity index (χ3v) is 8.40. The van der Waals surface area contributed by atoms with E-state index in [1.807, 2.05) is 0 Å². The van der Waals surface area contributed by atoms with E-state index in [0.717, 1.165) is 12.8 Å². The zero-order chi connectivity index (χ0) is 24.7. The van der Waals surface area contributed by atoms with Crippen molar-refractivity contribution < 1.29 is 39.0 Å². The van der Waals surface area contributed by atoms with Gasteiger partial charge in [-0.25, -0.2) is 0 Å². The van der Waals surface area contributed by atoms with Crippen LogP contribution >= 0.6 is 0 Å². The molecule has 5 rings (SSSR count). The fraction of sp³-hybridized carbons (Fsp3) is 0.520. The van der Waals surface area contributed by atoms with E-state index in [0.29, 0.717) is 5.56 Å². The van der Waals surface area contributed by atoms with Gasteiger partial charge in [-0.15, -0.1) is 0 Å². The van der Waals surface area contributed by atoms with Crippen molar-refractivity contribution in [2.75, 3.05) is 0 Å². The Hall–Kier alpha value is -3.20. The molecule has 3 saturated carbocycles. The lowest BCUT2D eigenvalue weighted by Gasteiger charge is -2.54. The molecule has 9 heteroatoms. The Bertz CT molecular complexity index is 1180. The minimum Gasteiger partial charge on any atom is -0.507 e. The second kappa shape index (κ2) is 7.40. The topological polar surface area (TPSA) is 169 Å². The van der Waals surface area contributed by atoms with Gasteiger partial charge in [-0.3, -0.25) is 28.8 Å². The summed E-state index contributed by atoms with van der Waals surface area (Å²) in [5, 5.41) is 22.0. The number of Topliss-reactive ketones (excluding diaryl/α,β-unsaturated/α-hetero) is 5. The number of carbonyl (C=O) groups is 6. The lowest BCUT2D eigenvalue weighted by atomic mass is 9.47. The van der Waals surface area contributed by atoms with Crippen molar-refractivity contribution >= 4 is 34.8 Å². The Kier molecular flexibility index (Phi) is 4.91. The highest BCUT2D eigenvalue weighted by molar-refractivity contribution is 6.31. The molecule has 1 amide bonds. The number of rotatable bonds is 4. The van der Waals surface area contributed by atoms with Crippen LogP contribution in [0.25, 0.3) is 0 Å². The Labute approximate surface area is 194 Å². The molecule has 4 aliphatic carbocycles. The fourth-order valence-corrected chi connectivity index (χ4v) is 6.62. The molecule has 1 aromatic carbocycles. The molecule has 4 aliphatic rings. The summed E-state index contributed by atoms with van der Waals surface area (Å²) < 4.78 is 0. The second-order valence-electron chi connectivity index (χ2n) is 10.2. The first-order valence-corrected chi connectivity index (χ1v) is 11.5. The van der Waals surface area contributed by atoms with E-state index in [4.69, 9.17) is 5.73 Å². The number of benzene rings is 1. The van der Waals surface area contributed by atoms with E-state index < -0.39 is 76.6 Å². The first-order chi connectivity index (χ1) is 16.0. The van der Waals surface area contributed by atoms with Crippen LogP contribution < -0.4 is 5.73 Å². The van der Waals surface area contributed by atoms with Crippen LogP contribution in [0.2, 0.25) is 0 Å². The molecule has 0 bridgehead atoms. The van der Waals surface area contributed by atoms with Gasteiger partial charge in [0.25, 0.3) is 0 Å². The summed E-state index contributed by atoms with van der Waals surface area (Å²) in [5.74, 6) is -12.6. The molecule has 0 aromatic heterocycles. The maximum atomic E-state index is 13.7. The molecule has 4 N–H and O–H groups in total. The van der Waals surface area contributed by atoms with Crippen LogP contribution in [-0.2, 0) is 24.0 Å². The molecule has 0 aliphatic heterocycles. The molecule has 2 unspecified atom stereocenters. The number of amides is 1.